The predicted molar refractivity (Wildman–Crippen MR) is 176 cm³/mol. The molecular formula is C36H37N7O5. The number of fused-ring (bicyclic) bond motifs is 2. The predicted octanol–water partition coefficient (Wildman–Crippen LogP) is 4.63. The van der Waals surface area contributed by atoms with E-state index >= 15 is 0 Å². The van der Waals surface area contributed by atoms with Crippen molar-refractivity contribution < 1.29 is 23.9 Å². The van der Waals surface area contributed by atoms with Gasteiger partial charge in [-0.25, -0.2) is 4.98 Å². The molecule has 2 aromatic heterocycles. The molecule has 1 saturated carbocycles. The second-order valence-electron chi connectivity index (χ2n) is 13.4. The highest BCUT2D eigenvalue weighted by Gasteiger charge is 2.44. The van der Waals surface area contributed by atoms with Gasteiger partial charge >= 0.3 is 0 Å². The van der Waals surface area contributed by atoms with Crippen LogP contribution in [0, 0.1) is 5.92 Å². The lowest BCUT2D eigenvalue weighted by Gasteiger charge is -2.35. The van der Waals surface area contributed by atoms with E-state index in [1.54, 1.807) is 18.2 Å². The van der Waals surface area contributed by atoms with Gasteiger partial charge < -0.3 is 10.1 Å². The number of amides is 4. The van der Waals surface area contributed by atoms with Crippen LogP contribution < -0.4 is 10.6 Å². The summed E-state index contributed by atoms with van der Waals surface area (Å²) >= 11 is 0. The van der Waals surface area contributed by atoms with E-state index in [0.29, 0.717) is 17.9 Å². The summed E-state index contributed by atoms with van der Waals surface area (Å²) in [7, 11) is 0. The molecule has 1 unspecified atom stereocenters. The first kappa shape index (κ1) is 30.4. The number of hydrogen-bond donors (Lipinski definition) is 2. The Balaban J connectivity index is 0.819. The highest BCUT2D eigenvalue weighted by molar-refractivity contribution is 6.23. The fourth-order valence-corrected chi connectivity index (χ4v) is 7.48. The van der Waals surface area contributed by atoms with Gasteiger partial charge in [-0.3, -0.25) is 39.1 Å². The summed E-state index contributed by atoms with van der Waals surface area (Å²) < 4.78 is 7.60. The monoisotopic (exact) mass is 647 g/mol. The number of piperidine rings is 1. The van der Waals surface area contributed by atoms with Crippen LogP contribution in [-0.4, -0.2) is 74.1 Å². The second kappa shape index (κ2) is 12.6. The van der Waals surface area contributed by atoms with Gasteiger partial charge in [0.05, 0.1) is 46.3 Å². The van der Waals surface area contributed by atoms with Crippen LogP contribution in [-0.2, 0) is 14.3 Å². The maximum atomic E-state index is 13.1. The SMILES string of the molecule is O=C1CCC(N2C(=O)c3ccc(NCCCC4CC(n5cc(-c6cnc7ccc(C8CCOCC8)cc7n6)cn5)C4)cc3C2=O)C(=O)N1. The minimum absolute atomic E-state index is 0.0972. The van der Waals surface area contributed by atoms with Crippen molar-refractivity contribution in [1.29, 1.82) is 0 Å². The van der Waals surface area contributed by atoms with Crippen LogP contribution in [0.1, 0.15) is 89.6 Å². The Morgan fingerprint density at radius 2 is 1.75 bits per heavy atom. The van der Waals surface area contributed by atoms with Gasteiger partial charge in [0.2, 0.25) is 11.8 Å². The number of imide groups is 2. The number of benzene rings is 2. The van der Waals surface area contributed by atoms with Crippen LogP contribution in [0.15, 0.2) is 55.0 Å². The molecule has 8 rings (SSSR count). The van der Waals surface area contributed by atoms with E-state index in [4.69, 9.17) is 9.72 Å². The molecule has 246 valence electrons. The van der Waals surface area contributed by atoms with E-state index in [1.807, 2.05) is 12.4 Å². The summed E-state index contributed by atoms with van der Waals surface area (Å²) in [6.07, 6.45) is 12.3. The standard InChI is InChI=1S/C36H37N7O5/c44-33-8-7-32(34(45)41-33)43-35(46)27-5-4-25(17-28(27)36(43)47)37-11-1-2-21-14-26(15-21)42-20-24(18-39-42)31-19-38-29-6-3-23(16-30(29)40-31)22-9-12-48-13-10-22/h3-6,16-22,26,32,37H,1-2,7-15H2,(H,41,44,45). The van der Waals surface area contributed by atoms with E-state index in [1.165, 1.54) is 5.56 Å². The molecule has 0 radical (unpaired) electrons. The third kappa shape index (κ3) is 5.74. The van der Waals surface area contributed by atoms with E-state index in [0.717, 1.165) is 91.2 Å². The van der Waals surface area contributed by atoms with Crippen molar-refractivity contribution >= 4 is 40.3 Å². The molecule has 2 saturated heterocycles. The van der Waals surface area contributed by atoms with Gasteiger partial charge in [-0.2, -0.15) is 5.10 Å². The molecule has 4 aromatic rings. The normalized spacial score (nSPS) is 22.9. The minimum Gasteiger partial charge on any atom is -0.385 e. The van der Waals surface area contributed by atoms with Crippen molar-refractivity contribution in [3.63, 3.8) is 0 Å². The summed E-state index contributed by atoms with van der Waals surface area (Å²) in [4.78, 5) is 60.5. The molecule has 12 nitrogen and oxygen atoms in total. The topological polar surface area (TPSA) is 148 Å². The van der Waals surface area contributed by atoms with E-state index in [9.17, 15) is 19.2 Å². The van der Waals surface area contributed by atoms with Crippen molar-refractivity contribution in [2.45, 2.75) is 69.4 Å². The van der Waals surface area contributed by atoms with Crippen LogP contribution in [0.25, 0.3) is 22.3 Å². The first-order valence-electron chi connectivity index (χ1n) is 16.9. The van der Waals surface area contributed by atoms with Crippen molar-refractivity contribution in [3.8, 4) is 11.3 Å². The van der Waals surface area contributed by atoms with Gasteiger partial charge in [-0.05, 0) is 92.7 Å². The van der Waals surface area contributed by atoms with Crippen LogP contribution in [0.2, 0.25) is 0 Å². The zero-order valence-corrected chi connectivity index (χ0v) is 26.6. The van der Waals surface area contributed by atoms with Crippen molar-refractivity contribution in [1.82, 2.24) is 30.0 Å². The third-order valence-electron chi connectivity index (χ3n) is 10.3. The minimum atomic E-state index is -0.964. The Kier molecular flexibility index (Phi) is 7.95. The van der Waals surface area contributed by atoms with Gasteiger partial charge in [0, 0.05) is 43.6 Å². The number of aromatic nitrogens is 4. The van der Waals surface area contributed by atoms with E-state index < -0.39 is 23.8 Å². The molecule has 3 fully saturated rings. The Morgan fingerprint density at radius 3 is 2.58 bits per heavy atom. The third-order valence-corrected chi connectivity index (χ3v) is 10.3. The van der Waals surface area contributed by atoms with Crippen molar-refractivity contribution in [3.05, 3.63) is 71.7 Å². The summed E-state index contributed by atoms with van der Waals surface area (Å²) in [6, 6.07) is 10.9. The van der Waals surface area contributed by atoms with E-state index in [-0.39, 0.29) is 29.9 Å². The quantitative estimate of drug-likeness (QED) is 0.196. The lowest BCUT2D eigenvalue weighted by Crippen LogP contribution is -2.54. The molecule has 1 atom stereocenters. The maximum absolute atomic E-state index is 13.1. The van der Waals surface area contributed by atoms with Gasteiger partial charge in [0.25, 0.3) is 11.8 Å². The van der Waals surface area contributed by atoms with Gasteiger partial charge in [-0.15, -0.1) is 0 Å². The van der Waals surface area contributed by atoms with Gasteiger partial charge in [0.1, 0.15) is 6.04 Å². The van der Waals surface area contributed by atoms with Crippen LogP contribution in [0.4, 0.5) is 5.69 Å². The Bertz CT molecular complexity index is 1930. The average molecular weight is 648 g/mol. The Labute approximate surface area is 277 Å². The molecule has 2 N–H and O–H groups in total. The lowest BCUT2D eigenvalue weighted by molar-refractivity contribution is -0.136. The van der Waals surface area contributed by atoms with E-state index in [2.05, 4.69) is 49.8 Å². The van der Waals surface area contributed by atoms with Gasteiger partial charge in [0.15, 0.2) is 0 Å². The largest absolute Gasteiger partial charge is 0.385 e. The van der Waals surface area contributed by atoms with Crippen molar-refractivity contribution in [2.75, 3.05) is 25.1 Å². The van der Waals surface area contributed by atoms with Crippen LogP contribution in [0.3, 0.4) is 0 Å². The number of carbonyl (C=O) groups excluding carboxylic acids is 4. The lowest BCUT2D eigenvalue weighted by atomic mass is 9.77. The zero-order chi connectivity index (χ0) is 32.8. The molecule has 4 amide bonds. The summed E-state index contributed by atoms with van der Waals surface area (Å²) in [6.45, 7) is 2.36. The molecule has 12 heteroatoms. The molecule has 0 bridgehead atoms. The molecule has 1 aliphatic carbocycles. The molecule has 5 heterocycles. The molecule has 3 aliphatic heterocycles. The Hall–Kier alpha value is -4.97. The van der Waals surface area contributed by atoms with Crippen molar-refractivity contribution in [2.24, 2.45) is 5.92 Å². The van der Waals surface area contributed by atoms with Crippen LogP contribution >= 0.6 is 0 Å². The number of anilines is 1. The number of carbonyl (C=O) groups is 4. The number of nitrogens with one attached hydrogen (secondary N) is 2. The summed E-state index contributed by atoms with van der Waals surface area (Å²) in [5.41, 5.74) is 6.25. The Morgan fingerprint density at radius 1 is 0.917 bits per heavy atom. The number of hydrogen-bond acceptors (Lipinski definition) is 9. The number of nitrogens with zero attached hydrogens (tertiary/aromatic N) is 5. The van der Waals surface area contributed by atoms with Gasteiger partial charge in [-0.1, -0.05) is 6.07 Å². The molecule has 4 aliphatic rings. The average Bonchev–Trinajstić information content (AvgIpc) is 3.66. The molecule has 0 spiro atoms. The fourth-order valence-electron chi connectivity index (χ4n) is 7.48. The zero-order valence-electron chi connectivity index (χ0n) is 26.6. The first-order valence-corrected chi connectivity index (χ1v) is 16.9. The molecular weight excluding hydrogens is 610 g/mol. The van der Waals surface area contributed by atoms with Crippen LogP contribution in [0.5, 0.6) is 0 Å². The first-order chi connectivity index (χ1) is 23.4. The maximum Gasteiger partial charge on any atom is 0.262 e. The molecule has 2 aromatic carbocycles. The number of ether oxygens (including phenoxy) is 1. The number of rotatable bonds is 9. The summed E-state index contributed by atoms with van der Waals surface area (Å²) in [5, 5.41) is 10.3. The fraction of sp³-hybridized carbons (Fsp3) is 0.417. The molecule has 48 heavy (non-hydrogen) atoms. The summed E-state index contributed by atoms with van der Waals surface area (Å²) in [5.74, 6) is -0.860. The second-order valence-corrected chi connectivity index (χ2v) is 13.4. The highest BCUT2D eigenvalue weighted by atomic mass is 16.5. The highest BCUT2D eigenvalue weighted by Crippen LogP contribution is 2.40. The smallest absolute Gasteiger partial charge is 0.262 e.